The van der Waals surface area contributed by atoms with Crippen LogP contribution in [0.2, 0.25) is 0 Å². The molecule has 8 nitrogen and oxygen atoms in total. The number of aryl methyl sites for hydroxylation is 1. The van der Waals surface area contributed by atoms with E-state index in [0.717, 1.165) is 18.7 Å². The molecule has 1 fully saturated rings. The van der Waals surface area contributed by atoms with Gasteiger partial charge >= 0.3 is 0 Å². The second-order valence-electron chi connectivity index (χ2n) is 9.31. The summed E-state index contributed by atoms with van der Waals surface area (Å²) in [4.78, 5) is 27.0. The average Bonchev–Trinajstić information content (AvgIpc) is 3.55. The van der Waals surface area contributed by atoms with Crippen molar-refractivity contribution in [3.8, 4) is 0 Å². The molecule has 2 heterocycles. The second kappa shape index (κ2) is 10.8. The van der Waals surface area contributed by atoms with Crippen LogP contribution in [0.15, 0.2) is 85.2 Å². The maximum atomic E-state index is 14.8. The van der Waals surface area contributed by atoms with E-state index in [9.17, 15) is 19.1 Å². The van der Waals surface area contributed by atoms with E-state index in [2.05, 4.69) is 20.9 Å². The Labute approximate surface area is 219 Å². The molecule has 2 amide bonds. The minimum absolute atomic E-state index is 0.211. The van der Waals surface area contributed by atoms with Gasteiger partial charge in [-0.05, 0) is 79.2 Å². The zero-order chi connectivity index (χ0) is 26.6. The fourth-order valence-electron chi connectivity index (χ4n) is 4.33. The number of hydrogen-bond acceptors (Lipinski definition) is 5. The van der Waals surface area contributed by atoms with Crippen LogP contribution in [0.5, 0.6) is 0 Å². The maximum Gasteiger partial charge on any atom is 0.257 e. The Balaban J connectivity index is 1.17. The third kappa shape index (κ3) is 5.84. The summed E-state index contributed by atoms with van der Waals surface area (Å²) in [5.41, 5.74) is 3.81. The first-order valence-electron chi connectivity index (χ1n) is 12.3. The third-order valence-corrected chi connectivity index (χ3v) is 6.40. The van der Waals surface area contributed by atoms with Crippen molar-refractivity contribution < 1.29 is 19.1 Å². The number of benzene rings is 3. The molecule has 1 saturated heterocycles. The number of nitrogens with one attached hydrogen (secondary N) is 3. The van der Waals surface area contributed by atoms with Gasteiger partial charge in [-0.2, -0.15) is 0 Å². The molecule has 1 aliphatic heterocycles. The zero-order valence-corrected chi connectivity index (χ0v) is 20.8. The number of anilines is 5. The first-order valence-corrected chi connectivity index (χ1v) is 12.3. The Morgan fingerprint density at radius 3 is 2.16 bits per heavy atom. The molecule has 5 rings (SSSR count). The number of rotatable bonds is 7. The first-order chi connectivity index (χ1) is 18.3. The molecule has 4 N–H and O–H groups in total. The summed E-state index contributed by atoms with van der Waals surface area (Å²) in [5.74, 6) is -1.07. The molecule has 1 aliphatic rings. The quantitative estimate of drug-likeness (QED) is 0.279. The van der Waals surface area contributed by atoms with Gasteiger partial charge in [-0.25, -0.2) is 4.39 Å². The molecule has 38 heavy (non-hydrogen) atoms. The Kier molecular flexibility index (Phi) is 7.10. The monoisotopic (exact) mass is 513 g/mol. The summed E-state index contributed by atoms with van der Waals surface area (Å²) in [6.45, 7) is 1.36. The van der Waals surface area contributed by atoms with E-state index in [1.54, 1.807) is 71.6 Å². The standard InChI is InChI=1S/C29H28FN5O3/c1-34-14-12-20(17-34)29(38)32-22-6-4-21(5-7-22)31-27-11-8-23(16-26(27)30)33-28(37)19-2-9-24(10-3-19)35-15-13-25(36)18-35/h2-12,14,16-17,25,31,36H,13,15,18H2,1H3,(H,32,38)(H,33,37). The molecule has 1 unspecified atom stereocenters. The van der Waals surface area contributed by atoms with Crippen molar-refractivity contribution in [1.29, 1.82) is 0 Å². The number of carbonyl (C=O) groups excluding carboxylic acids is 2. The van der Waals surface area contributed by atoms with E-state index in [-0.39, 0.29) is 23.6 Å². The number of halogens is 1. The molecule has 194 valence electrons. The van der Waals surface area contributed by atoms with Crippen LogP contribution in [-0.4, -0.2) is 40.7 Å². The number of aromatic nitrogens is 1. The largest absolute Gasteiger partial charge is 0.391 e. The fraction of sp³-hybridized carbons (Fsp3) is 0.172. The van der Waals surface area contributed by atoms with Gasteiger partial charge in [0.15, 0.2) is 0 Å². The van der Waals surface area contributed by atoms with E-state index in [0.29, 0.717) is 34.7 Å². The van der Waals surface area contributed by atoms with Crippen molar-refractivity contribution in [3.05, 3.63) is 102 Å². The number of hydrogen-bond donors (Lipinski definition) is 4. The van der Waals surface area contributed by atoms with Crippen molar-refractivity contribution in [2.45, 2.75) is 12.5 Å². The Bertz CT molecular complexity index is 1450. The van der Waals surface area contributed by atoms with Gasteiger partial charge in [-0.3, -0.25) is 9.59 Å². The molecule has 4 aromatic rings. The number of carbonyl (C=O) groups is 2. The van der Waals surface area contributed by atoms with Crippen LogP contribution in [0.4, 0.5) is 32.8 Å². The predicted octanol–water partition coefficient (Wildman–Crippen LogP) is 4.98. The molecule has 1 atom stereocenters. The SMILES string of the molecule is Cn1ccc(C(=O)Nc2ccc(Nc3ccc(NC(=O)c4ccc(N5CCC(O)C5)cc4)cc3F)cc2)c1. The molecule has 0 saturated carbocycles. The molecular formula is C29H28FN5O3. The highest BCUT2D eigenvalue weighted by Crippen LogP contribution is 2.25. The first kappa shape index (κ1) is 25.0. The lowest BCUT2D eigenvalue weighted by atomic mass is 10.1. The third-order valence-electron chi connectivity index (χ3n) is 6.40. The molecule has 0 bridgehead atoms. The van der Waals surface area contributed by atoms with E-state index in [4.69, 9.17) is 0 Å². The summed E-state index contributed by atoms with van der Waals surface area (Å²) >= 11 is 0. The minimum atomic E-state index is -0.521. The van der Waals surface area contributed by atoms with Gasteiger partial charge in [0, 0.05) is 60.8 Å². The number of nitrogens with zero attached hydrogens (tertiary/aromatic N) is 2. The summed E-state index contributed by atoms with van der Waals surface area (Å²) in [6.07, 6.45) is 3.94. The van der Waals surface area contributed by atoms with Crippen molar-refractivity contribution in [2.75, 3.05) is 33.9 Å². The molecule has 0 aliphatic carbocycles. The van der Waals surface area contributed by atoms with Gasteiger partial charge in [-0.1, -0.05) is 0 Å². The summed E-state index contributed by atoms with van der Waals surface area (Å²) in [6, 6.07) is 20.2. The van der Waals surface area contributed by atoms with Crippen molar-refractivity contribution >= 4 is 40.3 Å². The van der Waals surface area contributed by atoms with Gasteiger partial charge in [0.1, 0.15) is 5.82 Å². The maximum absolute atomic E-state index is 14.8. The Morgan fingerprint density at radius 1 is 0.868 bits per heavy atom. The summed E-state index contributed by atoms with van der Waals surface area (Å²) in [5, 5.41) is 18.3. The molecule has 0 radical (unpaired) electrons. The number of aliphatic hydroxyl groups excluding tert-OH is 1. The predicted molar refractivity (Wildman–Crippen MR) is 147 cm³/mol. The highest BCUT2D eigenvalue weighted by Gasteiger charge is 2.20. The summed E-state index contributed by atoms with van der Waals surface area (Å²) < 4.78 is 16.6. The molecule has 3 aromatic carbocycles. The highest BCUT2D eigenvalue weighted by molar-refractivity contribution is 6.05. The van der Waals surface area contributed by atoms with Crippen LogP contribution < -0.4 is 20.9 Å². The fourth-order valence-corrected chi connectivity index (χ4v) is 4.33. The molecule has 0 spiro atoms. The van der Waals surface area contributed by atoms with Crippen LogP contribution in [-0.2, 0) is 7.05 Å². The average molecular weight is 514 g/mol. The van der Waals surface area contributed by atoms with Crippen molar-refractivity contribution in [1.82, 2.24) is 4.57 Å². The van der Waals surface area contributed by atoms with Crippen LogP contribution in [0.25, 0.3) is 0 Å². The van der Waals surface area contributed by atoms with Gasteiger partial charge in [0.25, 0.3) is 11.8 Å². The lowest BCUT2D eigenvalue weighted by molar-refractivity contribution is 0.101. The second-order valence-corrected chi connectivity index (χ2v) is 9.31. The zero-order valence-electron chi connectivity index (χ0n) is 20.8. The van der Waals surface area contributed by atoms with Gasteiger partial charge in [-0.15, -0.1) is 0 Å². The summed E-state index contributed by atoms with van der Waals surface area (Å²) in [7, 11) is 1.85. The Morgan fingerprint density at radius 2 is 1.53 bits per heavy atom. The topological polar surface area (TPSA) is 98.6 Å². The number of β-amino-alcohol motifs (C(OH)–C–C–N with tert-alkyl or cyclic N) is 1. The lowest BCUT2D eigenvalue weighted by Crippen LogP contribution is -2.21. The van der Waals surface area contributed by atoms with Crippen LogP contribution in [0, 0.1) is 5.82 Å². The van der Waals surface area contributed by atoms with Gasteiger partial charge < -0.3 is 30.5 Å². The van der Waals surface area contributed by atoms with Crippen LogP contribution in [0.3, 0.4) is 0 Å². The van der Waals surface area contributed by atoms with E-state index < -0.39 is 5.82 Å². The highest BCUT2D eigenvalue weighted by atomic mass is 19.1. The van der Waals surface area contributed by atoms with Gasteiger partial charge in [0.2, 0.25) is 0 Å². The molecular weight excluding hydrogens is 485 g/mol. The Hall–Kier alpha value is -4.63. The van der Waals surface area contributed by atoms with Crippen molar-refractivity contribution in [3.63, 3.8) is 0 Å². The number of amides is 2. The minimum Gasteiger partial charge on any atom is -0.391 e. The van der Waals surface area contributed by atoms with Crippen molar-refractivity contribution in [2.24, 2.45) is 7.05 Å². The van der Waals surface area contributed by atoms with Gasteiger partial charge in [0.05, 0.1) is 17.4 Å². The smallest absolute Gasteiger partial charge is 0.257 e. The molecule has 1 aromatic heterocycles. The van der Waals surface area contributed by atoms with E-state index >= 15 is 0 Å². The van der Waals surface area contributed by atoms with Crippen LogP contribution >= 0.6 is 0 Å². The molecule has 9 heteroatoms. The lowest BCUT2D eigenvalue weighted by Gasteiger charge is -2.18. The van der Waals surface area contributed by atoms with E-state index in [1.807, 2.05) is 19.2 Å². The van der Waals surface area contributed by atoms with Crippen LogP contribution in [0.1, 0.15) is 27.1 Å². The normalized spacial score (nSPS) is 14.8. The number of aliphatic hydroxyl groups is 1. The van der Waals surface area contributed by atoms with E-state index in [1.165, 1.54) is 6.07 Å².